The Bertz CT molecular complexity index is 2130. The molecule has 0 unspecified atom stereocenters. The van der Waals surface area contributed by atoms with E-state index in [1.54, 1.807) is 42.2 Å². The second kappa shape index (κ2) is 10.3. The van der Waals surface area contributed by atoms with E-state index in [2.05, 4.69) is 32.3 Å². The molecule has 0 aliphatic rings. The molecule has 11 nitrogen and oxygen atoms in total. The van der Waals surface area contributed by atoms with Crippen molar-refractivity contribution < 1.29 is 4.79 Å². The van der Waals surface area contributed by atoms with E-state index in [0.29, 0.717) is 33.6 Å². The molecule has 42 heavy (non-hydrogen) atoms. The van der Waals surface area contributed by atoms with Crippen LogP contribution in [0, 0.1) is 25.7 Å². The van der Waals surface area contributed by atoms with Crippen molar-refractivity contribution in [1.82, 2.24) is 39.2 Å². The molecular formula is C31H27N9O2. The molecule has 2 aromatic carbocycles. The lowest BCUT2D eigenvalue weighted by atomic mass is 10.1. The predicted molar refractivity (Wildman–Crippen MR) is 159 cm³/mol. The van der Waals surface area contributed by atoms with Gasteiger partial charge in [0.05, 0.1) is 39.6 Å². The number of anilines is 1. The van der Waals surface area contributed by atoms with Crippen LogP contribution >= 0.6 is 0 Å². The number of amides is 1. The number of nitrogens with two attached hydrogens (primary N) is 1. The van der Waals surface area contributed by atoms with Crippen molar-refractivity contribution in [3.63, 3.8) is 0 Å². The van der Waals surface area contributed by atoms with Gasteiger partial charge in [0.25, 0.3) is 11.5 Å². The number of nitrogen functional groups attached to an aromatic ring is 1. The van der Waals surface area contributed by atoms with Crippen molar-refractivity contribution in [2.75, 3.05) is 5.73 Å². The molecule has 208 valence electrons. The maximum absolute atomic E-state index is 14.3. The van der Waals surface area contributed by atoms with Gasteiger partial charge in [-0.15, -0.1) is 5.10 Å². The van der Waals surface area contributed by atoms with Crippen LogP contribution in [0.2, 0.25) is 0 Å². The van der Waals surface area contributed by atoms with Crippen LogP contribution in [0.3, 0.4) is 0 Å². The van der Waals surface area contributed by atoms with Gasteiger partial charge < -0.3 is 11.1 Å². The number of aryl methyl sites for hydroxylation is 2. The van der Waals surface area contributed by atoms with E-state index in [1.165, 1.54) is 9.08 Å². The first-order valence-electron chi connectivity index (χ1n) is 13.3. The van der Waals surface area contributed by atoms with Crippen molar-refractivity contribution in [3.8, 4) is 17.5 Å². The van der Waals surface area contributed by atoms with Crippen LogP contribution in [0.15, 0.2) is 71.8 Å². The van der Waals surface area contributed by atoms with Gasteiger partial charge in [0, 0.05) is 25.0 Å². The summed E-state index contributed by atoms with van der Waals surface area (Å²) in [6.07, 6.45) is 3.22. The van der Waals surface area contributed by atoms with Crippen LogP contribution in [0.4, 0.5) is 5.82 Å². The van der Waals surface area contributed by atoms with Gasteiger partial charge in [-0.1, -0.05) is 36.1 Å². The third-order valence-corrected chi connectivity index (χ3v) is 7.15. The molecule has 1 amide bonds. The van der Waals surface area contributed by atoms with E-state index in [1.807, 2.05) is 57.3 Å². The highest BCUT2D eigenvalue weighted by atomic mass is 16.2. The molecule has 0 aliphatic carbocycles. The third-order valence-electron chi connectivity index (χ3n) is 7.15. The molecule has 3 N–H and O–H groups in total. The summed E-state index contributed by atoms with van der Waals surface area (Å²) < 4.78 is 4.74. The highest BCUT2D eigenvalue weighted by molar-refractivity contribution is 6.04. The van der Waals surface area contributed by atoms with Crippen LogP contribution < -0.4 is 16.6 Å². The number of rotatable bonds is 4. The zero-order valence-electron chi connectivity index (χ0n) is 23.5. The van der Waals surface area contributed by atoms with E-state index in [0.717, 1.165) is 17.0 Å². The van der Waals surface area contributed by atoms with Crippen LogP contribution in [-0.4, -0.2) is 39.8 Å². The Labute approximate surface area is 240 Å². The molecule has 6 aromatic rings. The summed E-state index contributed by atoms with van der Waals surface area (Å²) in [5.41, 5.74) is 10.4. The highest BCUT2D eigenvalue weighted by Gasteiger charge is 2.25. The van der Waals surface area contributed by atoms with Crippen LogP contribution in [0.25, 0.3) is 22.2 Å². The standard InChI is InChI=1S/C31H27N9O2/c1-18-23(20(3)38(4)36-18)15-14-21-10-8-13-24-25(21)31(42)40(22-11-6-5-7-12-22)28(35-24)19(2)34-30(41)26-27(32)37-39-17-9-16-33-29(26)39/h5-13,16-17,19H,1-4H3,(H2,32,37)(H,34,41)/t19-/m1/s1. The maximum Gasteiger partial charge on any atom is 0.267 e. The van der Waals surface area contributed by atoms with Gasteiger partial charge in [0.15, 0.2) is 11.5 Å². The Kier molecular flexibility index (Phi) is 6.51. The monoisotopic (exact) mass is 557 g/mol. The number of nitrogens with one attached hydrogen (secondary N) is 1. The lowest BCUT2D eigenvalue weighted by Gasteiger charge is -2.20. The fourth-order valence-electron chi connectivity index (χ4n) is 5.01. The van der Waals surface area contributed by atoms with E-state index in [4.69, 9.17) is 10.7 Å². The molecule has 0 aliphatic heterocycles. The molecule has 0 bridgehead atoms. The van der Waals surface area contributed by atoms with Gasteiger partial charge in [-0.3, -0.25) is 18.8 Å². The molecule has 0 spiro atoms. The quantitative estimate of drug-likeness (QED) is 0.317. The number of benzene rings is 2. The summed E-state index contributed by atoms with van der Waals surface area (Å²) in [6.45, 7) is 5.62. The Balaban J connectivity index is 1.49. The van der Waals surface area contributed by atoms with E-state index < -0.39 is 11.9 Å². The lowest BCUT2D eigenvalue weighted by molar-refractivity contribution is 0.0940. The average molecular weight is 558 g/mol. The van der Waals surface area contributed by atoms with Gasteiger partial charge in [-0.2, -0.15) is 5.10 Å². The summed E-state index contributed by atoms with van der Waals surface area (Å²) in [7, 11) is 1.87. The molecule has 11 heteroatoms. The number of fused-ring (bicyclic) bond motifs is 2. The van der Waals surface area contributed by atoms with Gasteiger partial charge >= 0.3 is 0 Å². The van der Waals surface area contributed by atoms with Gasteiger partial charge in [-0.25, -0.2) is 14.5 Å². The second-order valence-electron chi connectivity index (χ2n) is 9.91. The van der Waals surface area contributed by atoms with Crippen molar-refractivity contribution in [2.24, 2.45) is 7.05 Å². The van der Waals surface area contributed by atoms with E-state index in [9.17, 15) is 9.59 Å². The SMILES string of the molecule is Cc1nn(C)c(C)c1C#Cc1cccc2nc([C@@H](C)NC(=O)c3c(N)nn4cccnc34)n(-c3ccccc3)c(=O)c12. The first-order chi connectivity index (χ1) is 20.2. The van der Waals surface area contributed by atoms with Crippen LogP contribution in [0.1, 0.15) is 51.7 Å². The van der Waals surface area contributed by atoms with E-state index in [-0.39, 0.29) is 16.9 Å². The number of para-hydroxylation sites is 1. The van der Waals surface area contributed by atoms with Crippen LogP contribution in [-0.2, 0) is 7.05 Å². The number of nitrogens with zero attached hydrogens (tertiary/aromatic N) is 7. The second-order valence-corrected chi connectivity index (χ2v) is 9.91. The molecule has 0 saturated carbocycles. The Morgan fingerprint density at radius 1 is 1.02 bits per heavy atom. The molecule has 0 saturated heterocycles. The maximum atomic E-state index is 14.3. The molecule has 0 fully saturated rings. The summed E-state index contributed by atoms with van der Waals surface area (Å²) in [4.78, 5) is 36.8. The molecule has 0 radical (unpaired) electrons. The average Bonchev–Trinajstić information content (AvgIpc) is 3.44. The van der Waals surface area contributed by atoms with E-state index >= 15 is 0 Å². The normalized spacial score (nSPS) is 11.8. The minimum absolute atomic E-state index is 0.0487. The smallest absolute Gasteiger partial charge is 0.267 e. The summed E-state index contributed by atoms with van der Waals surface area (Å²) in [5, 5.41) is 11.9. The van der Waals surface area contributed by atoms with Crippen LogP contribution in [0.5, 0.6) is 0 Å². The van der Waals surface area contributed by atoms with Gasteiger partial charge in [0.1, 0.15) is 11.4 Å². The summed E-state index contributed by atoms with van der Waals surface area (Å²) in [6, 6.07) is 15.6. The Morgan fingerprint density at radius 3 is 2.55 bits per heavy atom. The van der Waals surface area contributed by atoms with Gasteiger partial charge in [-0.05, 0) is 51.1 Å². The van der Waals surface area contributed by atoms with Crippen molar-refractivity contribution in [1.29, 1.82) is 0 Å². The third kappa shape index (κ3) is 4.45. The largest absolute Gasteiger partial charge is 0.381 e. The summed E-state index contributed by atoms with van der Waals surface area (Å²) >= 11 is 0. The Hall–Kier alpha value is -5.76. The molecular weight excluding hydrogens is 530 g/mol. The number of carbonyl (C=O) groups is 1. The Morgan fingerprint density at radius 2 is 1.81 bits per heavy atom. The summed E-state index contributed by atoms with van der Waals surface area (Å²) in [5.74, 6) is 6.30. The van der Waals surface area contributed by atoms with Crippen molar-refractivity contribution in [3.05, 3.63) is 111 Å². The zero-order valence-corrected chi connectivity index (χ0v) is 23.5. The fraction of sp³-hybridized carbons (Fsp3) is 0.161. The lowest BCUT2D eigenvalue weighted by Crippen LogP contribution is -2.33. The number of hydrogen-bond donors (Lipinski definition) is 2. The first kappa shape index (κ1) is 26.5. The predicted octanol–water partition coefficient (Wildman–Crippen LogP) is 3.25. The number of hydrogen-bond acceptors (Lipinski definition) is 7. The first-order valence-corrected chi connectivity index (χ1v) is 13.3. The molecule has 4 heterocycles. The highest BCUT2D eigenvalue weighted by Crippen LogP contribution is 2.22. The fourth-order valence-corrected chi connectivity index (χ4v) is 5.01. The molecule has 4 aromatic heterocycles. The minimum atomic E-state index is -0.691. The zero-order chi connectivity index (χ0) is 29.5. The number of carbonyl (C=O) groups excluding carboxylic acids is 1. The molecule has 1 atom stereocenters. The molecule has 6 rings (SSSR count). The van der Waals surface area contributed by atoms with Crippen molar-refractivity contribution in [2.45, 2.75) is 26.8 Å². The van der Waals surface area contributed by atoms with Crippen molar-refractivity contribution >= 4 is 28.3 Å². The topological polar surface area (TPSA) is 138 Å². The minimum Gasteiger partial charge on any atom is -0.381 e. The number of aromatic nitrogens is 7. The van der Waals surface area contributed by atoms with Gasteiger partial charge in [0.2, 0.25) is 0 Å².